The Labute approximate surface area is 209 Å². The summed E-state index contributed by atoms with van der Waals surface area (Å²) in [5.74, 6) is 1.02. The van der Waals surface area contributed by atoms with Gasteiger partial charge in [-0.05, 0) is 52.1 Å². The van der Waals surface area contributed by atoms with Gasteiger partial charge in [0.05, 0.1) is 0 Å². The van der Waals surface area contributed by atoms with Gasteiger partial charge >= 0.3 is 0 Å². The van der Waals surface area contributed by atoms with Crippen molar-refractivity contribution in [3.8, 4) is 22.3 Å². The van der Waals surface area contributed by atoms with E-state index in [-0.39, 0.29) is 0 Å². The number of halogens is 1. The molecule has 0 radical (unpaired) electrons. The van der Waals surface area contributed by atoms with Crippen molar-refractivity contribution in [2.45, 2.75) is 10.6 Å². The van der Waals surface area contributed by atoms with Crippen LogP contribution in [-0.4, -0.2) is 0 Å². The predicted molar refractivity (Wildman–Crippen MR) is 147 cm³/mol. The van der Waals surface area contributed by atoms with Crippen LogP contribution in [-0.2, 0) is 5.75 Å². The van der Waals surface area contributed by atoms with Gasteiger partial charge in [-0.15, -0.1) is 11.8 Å². The highest BCUT2D eigenvalue weighted by atomic mass is 79.9. The van der Waals surface area contributed by atoms with Crippen LogP contribution in [0.25, 0.3) is 22.3 Å². The summed E-state index contributed by atoms with van der Waals surface area (Å²) in [7, 11) is 0. The summed E-state index contributed by atoms with van der Waals surface area (Å²) in [5.41, 5.74) is 6.42. The van der Waals surface area contributed by atoms with Gasteiger partial charge in [-0.2, -0.15) is 0 Å². The molecule has 0 N–H and O–H groups in total. The van der Waals surface area contributed by atoms with Crippen LogP contribution >= 0.6 is 27.7 Å². The molecule has 33 heavy (non-hydrogen) atoms. The van der Waals surface area contributed by atoms with E-state index >= 15 is 0 Å². The third kappa shape index (κ3) is 7.21. The molecule has 0 nitrogen and oxygen atoms in total. The van der Waals surface area contributed by atoms with Crippen molar-refractivity contribution >= 4 is 27.7 Å². The molecule has 0 aliphatic rings. The van der Waals surface area contributed by atoms with Gasteiger partial charge in [0.25, 0.3) is 0 Å². The molecule has 0 heterocycles. The summed E-state index contributed by atoms with van der Waals surface area (Å²) >= 11 is 5.30. The average Bonchev–Trinajstić information content (AvgIpc) is 2.90. The van der Waals surface area contributed by atoms with Crippen LogP contribution < -0.4 is 0 Å². The molecule has 0 saturated carbocycles. The summed E-state index contributed by atoms with van der Waals surface area (Å²) in [6.07, 6.45) is 0. The van der Waals surface area contributed by atoms with Gasteiger partial charge < -0.3 is 0 Å². The molecule has 0 aromatic heterocycles. The first-order chi connectivity index (χ1) is 16.3. The van der Waals surface area contributed by atoms with Crippen molar-refractivity contribution in [1.82, 2.24) is 0 Å². The van der Waals surface area contributed by atoms with E-state index in [0.717, 1.165) is 10.2 Å². The van der Waals surface area contributed by atoms with Gasteiger partial charge in [0, 0.05) is 15.1 Å². The fraction of sp³-hybridized carbons (Fsp3) is 0.0323. The van der Waals surface area contributed by atoms with E-state index < -0.39 is 0 Å². The maximum Gasteiger partial charge on any atom is 0.0231 e. The second kappa shape index (κ2) is 12.2. The molecule has 0 fully saturated rings. The minimum atomic E-state index is 1.02. The van der Waals surface area contributed by atoms with Crippen molar-refractivity contribution in [3.05, 3.63) is 150 Å². The first-order valence-corrected chi connectivity index (χ1v) is 12.7. The Bertz CT molecular complexity index is 1220. The van der Waals surface area contributed by atoms with Crippen LogP contribution in [0.1, 0.15) is 5.56 Å². The Hall–Kier alpha value is -3.07. The Morgan fingerprint density at radius 1 is 0.424 bits per heavy atom. The third-order valence-corrected chi connectivity index (χ3v) is 6.77. The highest BCUT2D eigenvalue weighted by molar-refractivity contribution is 9.10. The van der Waals surface area contributed by atoms with Crippen molar-refractivity contribution < 1.29 is 0 Å². The van der Waals surface area contributed by atoms with Gasteiger partial charge in [-0.25, -0.2) is 0 Å². The van der Waals surface area contributed by atoms with Crippen LogP contribution in [0.15, 0.2) is 149 Å². The number of hydrogen-bond donors (Lipinski definition) is 0. The molecule has 0 unspecified atom stereocenters. The maximum atomic E-state index is 3.42. The van der Waals surface area contributed by atoms with Gasteiger partial charge in [0.15, 0.2) is 0 Å². The molecule has 0 bridgehead atoms. The van der Waals surface area contributed by atoms with E-state index in [1.54, 1.807) is 0 Å². The SMILES string of the molecule is Brc1ccc(-c2ccccc2)cc1.c1ccc(CSc2ccc(-c3ccccc3)cc2)cc1. The fourth-order valence-corrected chi connectivity index (χ4v) is 4.51. The molecule has 5 rings (SSSR count). The average molecular weight is 510 g/mol. The lowest BCUT2D eigenvalue weighted by Crippen LogP contribution is -1.80. The Kier molecular flexibility index (Phi) is 8.57. The summed E-state index contributed by atoms with van der Waals surface area (Å²) in [5, 5.41) is 0. The monoisotopic (exact) mass is 508 g/mol. The van der Waals surface area contributed by atoms with Crippen molar-refractivity contribution in [1.29, 1.82) is 0 Å². The summed E-state index contributed by atoms with van der Waals surface area (Å²) < 4.78 is 1.12. The van der Waals surface area contributed by atoms with E-state index in [4.69, 9.17) is 0 Å². The molecule has 0 aliphatic heterocycles. The molecule has 5 aromatic carbocycles. The van der Waals surface area contributed by atoms with Crippen LogP contribution in [0.2, 0.25) is 0 Å². The number of benzene rings is 5. The van der Waals surface area contributed by atoms with E-state index in [2.05, 4.69) is 143 Å². The van der Waals surface area contributed by atoms with E-state index in [0.29, 0.717) is 0 Å². The lowest BCUT2D eigenvalue weighted by atomic mass is 10.1. The van der Waals surface area contributed by atoms with E-state index in [1.165, 1.54) is 32.7 Å². The Morgan fingerprint density at radius 2 is 0.818 bits per heavy atom. The molecule has 162 valence electrons. The minimum Gasteiger partial charge on any atom is -0.121 e. The topological polar surface area (TPSA) is 0 Å². The van der Waals surface area contributed by atoms with E-state index in [9.17, 15) is 0 Å². The maximum absolute atomic E-state index is 3.42. The highest BCUT2D eigenvalue weighted by Gasteiger charge is 1.99. The highest BCUT2D eigenvalue weighted by Crippen LogP contribution is 2.26. The molecule has 0 saturated heterocycles. The van der Waals surface area contributed by atoms with Gasteiger partial charge in [0.2, 0.25) is 0 Å². The Morgan fingerprint density at radius 3 is 1.30 bits per heavy atom. The third-order valence-electron chi connectivity index (χ3n) is 5.16. The molecule has 0 spiro atoms. The van der Waals surface area contributed by atoms with E-state index in [1.807, 2.05) is 23.9 Å². The zero-order chi connectivity index (χ0) is 22.7. The van der Waals surface area contributed by atoms with Crippen LogP contribution in [0.5, 0.6) is 0 Å². The van der Waals surface area contributed by atoms with Gasteiger partial charge in [-0.1, -0.05) is 131 Å². The lowest BCUT2D eigenvalue weighted by Gasteiger charge is -2.05. The smallest absolute Gasteiger partial charge is 0.0231 e. The summed E-state index contributed by atoms with van der Waals surface area (Å²) in [6, 6.07) is 48.6. The van der Waals surface area contributed by atoms with Crippen molar-refractivity contribution in [2.75, 3.05) is 0 Å². The Balaban J connectivity index is 0.000000172. The lowest BCUT2D eigenvalue weighted by molar-refractivity contribution is 1.38. The fourth-order valence-electron chi connectivity index (χ4n) is 3.39. The molecule has 5 aromatic rings. The number of thioether (sulfide) groups is 1. The second-order valence-electron chi connectivity index (χ2n) is 7.54. The largest absolute Gasteiger partial charge is 0.121 e. The molecular weight excluding hydrogens is 484 g/mol. The van der Waals surface area contributed by atoms with Gasteiger partial charge in [-0.3, -0.25) is 0 Å². The quantitative estimate of drug-likeness (QED) is 0.213. The molecule has 0 aliphatic carbocycles. The standard InChI is InChI=1S/C19H16S.C12H9Br/c1-3-7-16(8-4-1)15-20-19-13-11-18(12-14-19)17-9-5-2-6-10-17;13-12-8-6-11(7-9-12)10-4-2-1-3-5-10/h1-14H,15H2;1-9H. The molecule has 2 heteroatoms. The zero-order valence-electron chi connectivity index (χ0n) is 18.3. The molecular formula is C31H25BrS. The first-order valence-electron chi connectivity index (χ1n) is 10.9. The first kappa shape index (κ1) is 23.1. The van der Waals surface area contributed by atoms with Crippen LogP contribution in [0, 0.1) is 0 Å². The summed E-state index contributed by atoms with van der Waals surface area (Å²) in [6.45, 7) is 0. The predicted octanol–water partition coefficient (Wildman–Crippen LogP) is 9.76. The normalized spacial score (nSPS) is 10.2. The summed E-state index contributed by atoms with van der Waals surface area (Å²) in [4.78, 5) is 1.31. The van der Waals surface area contributed by atoms with Crippen molar-refractivity contribution in [3.63, 3.8) is 0 Å². The zero-order valence-corrected chi connectivity index (χ0v) is 20.7. The minimum absolute atomic E-state index is 1.02. The van der Waals surface area contributed by atoms with Crippen LogP contribution in [0.4, 0.5) is 0 Å². The second-order valence-corrected chi connectivity index (χ2v) is 9.50. The van der Waals surface area contributed by atoms with Gasteiger partial charge in [0.1, 0.15) is 0 Å². The van der Waals surface area contributed by atoms with Crippen LogP contribution in [0.3, 0.4) is 0 Å². The molecule has 0 amide bonds. The number of rotatable bonds is 5. The molecule has 0 atom stereocenters. The number of hydrogen-bond acceptors (Lipinski definition) is 1. The van der Waals surface area contributed by atoms with Crippen molar-refractivity contribution in [2.24, 2.45) is 0 Å².